The molecule has 0 aromatic carbocycles. The highest BCUT2D eigenvalue weighted by atomic mass is 32.2. The summed E-state index contributed by atoms with van der Waals surface area (Å²) in [7, 11) is -1.31. The molecule has 0 spiro atoms. The number of guanidine groups is 1. The smallest absolute Gasteiger partial charge is 0.211 e. The minimum atomic E-state index is -3.09. The summed E-state index contributed by atoms with van der Waals surface area (Å²) in [6.07, 6.45) is 7.36. The van der Waals surface area contributed by atoms with Crippen LogP contribution in [0.15, 0.2) is 4.99 Å². The molecule has 2 rings (SSSR count). The molecular formula is C16H33N5O2S. The fraction of sp³-hybridized carbons (Fsp3) is 0.938. The predicted molar refractivity (Wildman–Crippen MR) is 98.8 cm³/mol. The van der Waals surface area contributed by atoms with Gasteiger partial charge in [-0.3, -0.25) is 9.89 Å². The van der Waals surface area contributed by atoms with Crippen molar-refractivity contribution in [1.29, 1.82) is 0 Å². The quantitative estimate of drug-likeness (QED) is 0.334. The van der Waals surface area contributed by atoms with Crippen molar-refractivity contribution in [2.75, 3.05) is 39.0 Å². The van der Waals surface area contributed by atoms with E-state index in [1.807, 2.05) is 0 Å². The lowest BCUT2D eigenvalue weighted by atomic mass is 10.2. The minimum Gasteiger partial charge on any atom is -0.356 e. The van der Waals surface area contributed by atoms with Crippen molar-refractivity contribution in [1.82, 2.24) is 20.3 Å². The molecule has 0 amide bonds. The van der Waals surface area contributed by atoms with Crippen LogP contribution in [0, 0.1) is 0 Å². The maximum Gasteiger partial charge on any atom is 0.211 e. The Balaban J connectivity index is 1.62. The van der Waals surface area contributed by atoms with Crippen LogP contribution in [-0.2, 0) is 10.0 Å². The van der Waals surface area contributed by atoms with E-state index >= 15 is 0 Å². The maximum atomic E-state index is 11.4. The molecule has 8 heteroatoms. The van der Waals surface area contributed by atoms with Gasteiger partial charge in [-0.05, 0) is 32.6 Å². The third kappa shape index (κ3) is 6.22. The van der Waals surface area contributed by atoms with Gasteiger partial charge in [-0.25, -0.2) is 13.1 Å². The fourth-order valence-electron chi connectivity index (χ4n) is 3.52. The van der Waals surface area contributed by atoms with Gasteiger partial charge in [0.25, 0.3) is 0 Å². The molecule has 1 atom stereocenters. The van der Waals surface area contributed by atoms with E-state index in [9.17, 15) is 8.42 Å². The average Bonchev–Trinajstić information content (AvgIpc) is 3.24. The van der Waals surface area contributed by atoms with Crippen LogP contribution in [0.3, 0.4) is 0 Å². The summed E-state index contributed by atoms with van der Waals surface area (Å²) in [6, 6.07) is 1.24. The molecule has 1 aliphatic carbocycles. The van der Waals surface area contributed by atoms with Crippen molar-refractivity contribution in [3.63, 3.8) is 0 Å². The van der Waals surface area contributed by atoms with Crippen LogP contribution in [0.4, 0.5) is 0 Å². The second-order valence-electron chi connectivity index (χ2n) is 6.71. The molecule has 1 saturated heterocycles. The Labute approximate surface area is 146 Å². The molecular weight excluding hydrogens is 326 g/mol. The second-order valence-corrected chi connectivity index (χ2v) is 8.81. The Morgan fingerprint density at radius 3 is 2.62 bits per heavy atom. The van der Waals surface area contributed by atoms with Gasteiger partial charge in [-0.2, -0.15) is 0 Å². The van der Waals surface area contributed by atoms with Crippen LogP contribution >= 0.6 is 0 Å². The largest absolute Gasteiger partial charge is 0.356 e. The Morgan fingerprint density at radius 2 is 1.96 bits per heavy atom. The van der Waals surface area contributed by atoms with Gasteiger partial charge in [0, 0.05) is 45.3 Å². The average molecular weight is 360 g/mol. The van der Waals surface area contributed by atoms with E-state index in [1.165, 1.54) is 32.2 Å². The van der Waals surface area contributed by atoms with E-state index in [0.717, 1.165) is 31.4 Å². The lowest BCUT2D eigenvalue weighted by Gasteiger charge is -2.24. The summed E-state index contributed by atoms with van der Waals surface area (Å²) in [5.74, 6) is 0.939. The molecule has 7 nitrogen and oxygen atoms in total. The van der Waals surface area contributed by atoms with E-state index in [4.69, 9.17) is 0 Å². The van der Waals surface area contributed by atoms with Crippen molar-refractivity contribution in [3.05, 3.63) is 0 Å². The van der Waals surface area contributed by atoms with Crippen LogP contribution in [0.2, 0.25) is 0 Å². The Morgan fingerprint density at radius 1 is 1.21 bits per heavy atom. The van der Waals surface area contributed by atoms with Gasteiger partial charge in [0.1, 0.15) is 0 Å². The third-order valence-electron chi connectivity index (χ3n) is 4.97. The molecule has 1 heterocycles. The van der Waals surface area contributed by atoms with Crippen LogP contribution in [0.1, 0.15) is 45.4 Å². The summed E-state index contributed by atoms with van der Waals surface area (Å²) < 4.78 is 25.3. The standard InChI is InChI=1S/C16H33N5O2S/c1-3-24(22,23)19-11-6-10-18-16(17-2)20-14-9-12-21(13-14)15-7-4-5-8-15/h14-15,19H,3-13H2,1-2H3,(H2,17,18,20). The number of rotatable bonds is 8. The van der Waals surface area contributed by atoms with Gasteiger partial charge < -0.3 is 10.6 Å². The lowest BCUT2D eigenvalue weighted by molar-refractivity contribution is 0.242. The fourth-order valence-corrected chi connectivity index (χ4v) is 4.18. The van der Waals surface area contributed by atoms with Gasteiger partial charge in [0.05, 0.1) is 5.75 Å². The van der Waals surface area contributed by atoms with E-state index < -0.39 is 10.0 Å². The van der Waals surface area contributed by atoms with E-state index in [1.54, 1.807) is 14.0 Å². The molecule has 1 saturated carbocycles. The molecule has 2 fully saturated rings. The zero-order valence-corrected chi connectivity index (χ0v) is 15.9. The van der Waals surface area contributed by atoms with Crippen molar-refractivity contribution in [2.45, 2.75) is 57.5 Å². The minimum absolute atomic E-state index is 0.128. The third-order valence-corrected chi connectivity index (χ3v) is 6.38. The van der Waals surface area contributed by atoms with E-state index in [0.29, 0.717) is 19.1 Å². The van der Waals surface area contributed by atoms with Crippen LogP contribution in [-0.4, -0.2) is 70.3 Å². The van der Waals surface area contributed by atoms with Crippen LogP contribution in [0.25, 0.3) is 0 Å². The Kier molecular flexibility index (Phi) is 7.77. The number of hydrogen-bond acceptors (Lipinski definition) is 4. The van der Waals surface area contributed by atoms with Crippen molar-refractivity contribution in [3.8, 4) is 0 Å². The molecule has 0 aromatic heterocycles. The van der Waals surface area contributed by atoms with Gasteiger partial charge in [0.15, 0.2) is 5.96 Å². The monoisotopic (exact) mass is 359 g/mol. The Hall–Kier alpha value is -0.860. The normalized spacial score (nSPS) is 23.8. The van der Waals surface area contributed by atoms with Gasteiger partial charge >= 0.3 is 0 Å². The number of sulfonamides is 1. The zero-order chi connectivity index (χ0) is 17.4. The van der Waals surface area contributed by atoms with Crippen molar-refractivity contribution in [2.24, 2.45) is 4.99 Å². The van der Waals surface area contributed by atoms with Crippen LogP contribution in [0.5, 0.6) is 0 Å². The second kappa shape index (κ2) is 9.58. The summed E-state index contributed by atoms with van der Waals surface area (Å²) in [6.45, 7) is 5.08. The first-order valence-corrected chi connectivity index (χ1v) is 10.9. The van der Waals surface area contributed by atoms with Crippen molar-refractivity contribution >= 4 is 16.0 Å². The number of likely N-dealkylation sites (tertiary alicyclic amines) is 1. The first kappa shape index (κ1) is 19.5. The molecule has 24 heavy (non-hydrogen) atoms. The molecule has 1 aliphatic heterocycles. The van der Waals surface area contributed by atoms with Crippen LogP contribution < -0.4 is 15.4 Å². The van der Waals surface area contributed by atoms with Gasteiger partial charge in [0.2, 0.25) is 10.0 Å². The van der Waals surface area contributed by atoms with E-state index in [2.05, 4.69) is 25.2 Å². The molecule has 2 aliphatic rings. The summed E-state index contributed by atoms with van der Waals surface area (Å²) in [5.41, 5.74) is 0. The molecule has 140 valence electrons. The summed E-state index contributed by atoms with van der Waals surface area (Å²) in [4.78, 5) is 6.90. The first-order chi connectivity index (χ1) is 11.5. The SMILES string of the molecule is CCS(=O)(=O)NCCCNC(=NC)NC1CCN(C2CCCC2)C1. The number of aliphatic imine (C=N–C) groups is 1. The molecule has 0 aromatic rings. The number of nitrogens with one attached hydrogen (secondary N) is 3. The predicted octanol–water partition coefficient (Wildman–Crippen LogP) is 0.498. The highest BCUT2D eigenvalue weighted by molar-refractivity contribution is 7.89. The maximum absolute atomic E-state index is 11.4. The Bertz CT molecular complexity index is 503. The highest BCUT2D eigenvalue weighted by Gasteiger charge is 2.30. The molecule has 3 N–H and O–H groups in total. The highest BCUT2D eigenvalue weighted by Crippen LogP contribution is 2.26. The molecule has 0 bridgehead atoms. The number of hydrogen-bond donors (Lipinski definition) is 3. The van der Waals surface area contributed by atoms with E-state index in [-0.39, 0.29) is 5.75 Å². The summed E-state index contributed by atoms with van der Waals surface area (Å²) in [5, 5.41) is 6.77. The van der Waals surface area contributed by atoms with Gasteiger partial charge in [-0.1, -0.05) is 12.8 Å². The molecule has 0 radical (unpaired) electrons. The van der Waals surface area contributed by atoms with Gasteiger partial charge in [-0.15, -0.1) is 0 Å². The lowest BCUT2D eigenvalue weighted by Crippen LogP contribution is -2.45. The summed E-state index contributed by atoms with van der Waals surface area (Å²) >= 11 is 0. The van der Waals surface area contributed by atoms with Crippen molar-refractivity contribution < 1.29 is 8.42 Å². The molecule has 1 unspecified atom stereocenters. The topological polar surface area (TPSA) is 85.8 Å². The first-order valence-electron chi connectivity index (χ1n) is 9.22. The number of nitrogens with zero attached hydrogens (tertiary/aromatic N) is 2. The zero-order valence-electron chi connectivity index (χ0n) is 15.1.